The third-order valence-corrected chi connectivity index (χ3v) is 6.48. The smallest absolute Gasteiger partial charge is 0.254 e. The lowest BCUT2D eigenvalue weighted by Gasteiger charge is -2.34. The van der Waals surface area contributed by atoms with Gasteiger partial charge in [0.05, 0.1) is 4.90 Å². The summed E-state index contributed by atoms with van der Waals surface area (Å²) in [4.78, 5) is 14.7. The van der Waals surface area contributed by atoms with Crippen molar-refractivity contribution in [3.8, 4) is 0 Å². The van der Waals surface area contributed by atoms with Crippen LogP contribution in [0, 0.1) is 0 Å². The van der Waals surface area contributed by atoms with Gasteiger partial charge in [-0.25, -0.2) is 8.42 Å². The number of rotatable bonds is 3. The van der Waals surface area contributed by atoms with Crippen LogP contribution in [0.5, 0.6) is 0 Å². The van der Waals surface area contributed by atoms with Gasteiger partial charge < -0.3 is 10.2 Å². The second kappa shape index (κ2) is 6.59. The van der Waals surface area contributed by atoms with Gasteiger partial charge in [0.15, 0.2) is 0 Å². The number of amides is 1. The Hall–Kier alpha value is -1.44. The van der Waals surface area contributed by atoms with Crippen LogP contribution in [0.2, 0.25) is 0 Å². The number of carbonyl (C=O) groups is 1. The lowest BCUT2D eigenvalue weighted by molar-refractivity contribution is 0.0655. The van der Waals surface area contributed by atoms with E-state index in [1.165, 1.54) is 4.31 Å². The van der Waals surface area contributed by atoms with E-state index in [0.29, 0.717) is 25.2 Å². The number of nitrogens with one attached hydrogen (secondary N) is 1. The fourth-order valence-electron chi connectivity index (χ4n) is 3.16. The molecule has 3 rings (SSSR count). The summed E-state index contributed by atoms with van der Waals surface area (Å²) in [6, 6.07) is 6.49. The maximum absolute atomic E-state index is 12.6. The topological polar surface area (TPSA) is 69.7 Å². The largest absolute Gasteiger partial charge is 0.333 e. The summed E-state index contributed by atoms with van der Waals surface area (Å²) < 4.78 is 26.5. The van der Waals surface area contributed by atoms with Crippen LogP contribution in [0.3, 0.4) is 0 Å². The molecule has 126 valence electrons. The maximum atomic E-state index is 12.6. The van der Waals surface area contributed by atoms with Crippen molar-refractivity contribution in [2.24, 2.45) is 0 Å². The molecule has 0 aromatic heterocycles. The van der Waals surface area contributed by atoms with Crippen molar-refractivity contribution in [1.29, 1.82) is 0 Å². The summed E-state index contributed by atoms with van der Waals surface area (Å²) in [5, 5.41) is 3.25. The van der Waals surface area contributed by atoms with Gasteiger partial charge in [-0.3, -0.25) is 4.79 Å². The highest BCUT2D eigenvalue weighted by Crippen LogP contribution is 2.21. The molecule has 1 N–H and O–H groups in total. The Balaban J connectivity index is 1.77. The van der Waals surface area contributed by atoms with Crippen molar-refractivity contribution < 1.29 is 13.2 Å². The van der Waals surface area contributed by atoms with Gasteiger partial charge in [-0.2, -0.15) is 4.31 Å². The van der Waals surface area contributed by atoms with Crippen LogP contribution in [-0.2, 0) is 10.0 Å². The molecule has 1 atom stereocenters. The Morgan fingerprint density at radius 1 is 1.13 bits per heavy atom. The van der Waals surface area contributed by atoms with E-state index in [1.807, 2.05) is 11.8 Å². The SMILES string of the molecule is C[C@@H]1CNCCN1C(=O)c1ccc(S(=O)(=O)N2CCCC2)cc1. The second-order valence-corrected chi connectivity index (χ2v) is 8.13. The first-order chi connectivity index (χ1) is 11.0. The first kappa shape index (κ1) is 16.4. The zero-order valence-electron chi connectivity index (χ0n) is 13.4. The lowest BCUT2D eigenvalue weighted by atomic mass is 10.1. The average molecular weight is 337 g/mol. The van der Waals surface area contributed by atoms with Gasteiger partial charge in [-0.15, -0.1) is 0 Å². The number of benzene rings is 1. The molecule has 0 radical (unpaired) electrons. The Labute approximate surface area is 137 Å². The van der Waals surface area contributed by atoms with Gasteiger partial charge >= 0.3 is 0 Å². The quantitative estimate of drug-likeness (QED) is 0.890. The number of carbonyl (C=O) groups excluding carboxylic acids is 1. The summed E-state index contributed by atoms with van der Waals surface area (Å²) in [5.41, 5.74) is 0.541. The van der Waals surface area contributed by atoms with E-state index >= 15 is 0 Å². The second-order valence-electron chi connectivity index (χ2n) is 6.19. The van der Waals surface area contributed by atoms with Crippen molar-refractivity contribution in [2.75, 3.05) is 32.7 Å². The minimum Gasteiger partial charge on any atom is -0.333 e. The molecule has 2 saturated heterocycles. The van der Waals surface area contributed by atoms with Crippen molar-refractivity contribution >= 4 is 15.9 Å². The molecule has 2 heterocycles. The molecule has 0 bridgehead atoms. The predicted octanol–water partition coefficient (Wildman–Crippen LogP) is 0.905. The van der Waals surface area contributed by atoms with E-state index in [4.69, 9.17) is 0 Å². The number of sulfonamides is 1. The molecule has 0 saturated carbocycles. The third kappa shape index (κ3) is 3.27. The highest BCUT2D eigenvalue weighted by atomic mass is 32.2. The van der Waals surface area contributed by atoms with Crippen molar-refractivity contribution in [3.63, 3.8) is 0 Å². The van der Waals surface area contributed by atoms with Gasteiger partial charge in [0.25, 0.3) is 5.91 Å². The molecule has 1 amide bonds. The molecule has 23 heavy (non-hydrogen) atoms. The number of hydrogen-bond acceptors (Lipinski definition) is 4. The first-order valence-electron chi connectivity index (χ1n) is 8.12. The minimum absolute atomic E-state index is 0.0379. The van der Waals surface area contributed by atoms with Gasteiger partial charge in [0.2, 0.25) is 10.0 Å². The Bertz CT molecular complexity index is 666. The first-order valence-corrected chi connectivity index (χ1v) is 9.56. The zero-order chi connectivity index (χ0) is 16.4. The van der Waals surface area contributed by atoms with E-state index < -0.39 is 10.0 Å². The van der Waals surface area contributed by atoms with Crippen molar-refractivity contribution in [3.05, 3.63) is 29.8 Å². The van der Waals surface area contributed by atoms with E-state index in [9.17, 15) is 13.2 Å². The van der Waals surface area contributed by atoms with Crippen LogP contribution >= 0.6 is 0 Å². The van der Waals surface area contributed by atoms with Crippen molar-refractivity contribution in [1.82, 2.24) is 14.5 Å². The third-order valence-electron chi connectivity index (χ3n) is 4.57. The van der Waals surface area contributed by atoms with E-state index in [-0.39, 0.29) is 16.8 Å². The molecular formula is C16H23N3O3S. The number of piperazine rings is 1. The molecule has 7 heteroatoms. The van der Waals surface area contributed by atoms with Crippen LogP contribution in [0.4, 0.5) is 0 Å². The molecule has 0 unspecified atom stereocenters. The molecule has 0 spiro atoms. The Morgan fingerprint density at radius 2 is 1.78 bits per heavy atom. The van der Waals surface area contributed by atoms with Crippen LogP contribution in [0.15, 0.2) is 29.2 Å². The Morgan fingerprint density at radius 3 is 2.39 bits per heavy atom. The van der Waals surface area contributed by atoms with Crippen LogP contribution < -0.4 is 5.32 Å². The summed E-state index contributed by atoms with van der Waals surface area (Å²) in [7, 11) is -3.42. The van der Waals surface area contributed by atoms with Crippen LogP contribution in [-0.4, -0.2) is 62.3 Å². The minimum atomic E-state index is -3.42. The molecule has 1 aromatic rings. The fraction of sp³-hybridized carbons (Fsp3) is 0.562. The van der Waals surface area contributed by atoms with Gasteiger partial charge in [-0.05, 0) is 44.0 Å². The maximum Gasteiger partial charge on any atom is 0.254 e. The zero-order valence-corrected chi connectivity index (χ0v) is 14.2. The summed E-state index contributed by atoms with van der Waals surface area (Å²) in [6.45, 7) is 5.43. The lowest BCUT2D eigenvalue weighted by Crippen LogP contribution is -2.52. The molecule has 2 aliphatic heterocycles. The summed E-state index contributed by atoms with van der Waals surface area (Å²) >= 11 is 0. The summed E-state index contributed by atoms with van der Waals surface area (Å²) in [5.74, 6) is -0.0379. The highest BCUT2D eigenvalue weighted by Gasteiger charge is 2.28. The number of hydrogen-bond donors (Lipinski definition) is 1. The molecule has 6 nitrogen and oxygen atoms in total. The Kier molecular flexibility index (Phi) is 4.70. The predicted molar refractivity (Wildman–Crippen MR) is 87.8 cm³/mol. The van der Waals surface area contributed by atoms with Crippen LogP contribution in [0.25, 0.3) is 0 Å². The highest BCUT2D eigenvalue weighted by molar-refractivity contribution is 7.89. The molecule has 2 fully saturated rings. The normalized spacial score (nSPS) is 23.2. The molecule has 0 aliphatic carbocycles. The molecule has 2 aliphatic rings. The standard InChI is InChI=1S/C16H23N3O3S/c1-13-12-17-8-11-19(13)16(20)14-4-6-15(7-5-14)23(21,22)18-9-2-3-10-18/h4-7,13,17H,2-3,8-12H2,1H3/t13-/m1/s1. The average Bonchev–Trinajstić information content (AvgIpc) is 3.10. The van der Waals surface area contributed by atoms with E-state index in [2.05, 4.69) is 5.32 Å². The van der Waals surface area contributed by atoms with Gasteiger partial charge in [0, 0.05) is 44.3 Å². The number of nitrogens with zero attached hydrogens (tertiary/aromatic N) is 2. The van der Waals surface area contributed by atoms with Gasteiger partial charge in [-0.1, -0.05) is 0 Å². The fourth-order valence-corrected chi connectivity index (χ4v) is 4.67. The van der Waals surface area contributed by atoms with Crippen LogP contribution in [0.1, 0.15) is 30.1 Å². The van der Waals surface area contributed by atoms with E-state index in [1.54, 1.807) is 24.3 Å². The monoisotopic (exact) mass is 337 g/mol. The summed E-state index contributed by atoms with van der Waals surface area (Å²) in [6.07, 6.45) is 1.83. The molecular weight excluding hydrogens is 314 g/mol. The molecule has 1 aromatic carbocycles. The van der Waals surface area contributed by atoms with E-state index in [0.717, 1.165) is 25.9 Å². The van der Waals surface area contributed by atoms with Crippen molar-refractivity contribution in [2.45, 2.75) is 30.7 Å². The van der Waals surface area contributed by atoms with Gasteiger partial charge in [0.1, 0.15) is 0 Å².